The molecule has 140 valence electrons. The van der Waals surface area contributed by atoms with E-state index in [4.69, 9.17) is 0 Å². The minimum Gasteiger partial charge on any atom is -0.296 e. The Morgan fingerprint density at radius 2 is 2.08 bits per heavy atom. The largest absolute Gasteiger partial charge is 0.296 e. The molecule has 0 radical (unpaired) electrons. The van der Waals surface area contributed by atoms with Crippen molar-refractivity contribution in [2.75, 3.05) is 5.32 Å². The highest BCUT2D eigenvalue weighted by Crippen LogP contribution is 2.24. The molecule has 0 bridgehead atoms. The molecular formula is C17H22N4O3S2. The van der Waals surface area contributed by atoms with Crippen LogP contribution in [0.1, 0.15) is 53.5 Å². The molecule has 1 fully saturated rings. The fourth-order valence-corrected chi connectivity index (χ4v) is 4.51. The van der Waals surface area contributed by atoms with Gasteiger partial charge in [-0.3, -0.25) is 10.1 Å². The van der Waals surface area contributed by atoms with Gasteiger partial charge in [-0.2, -0.15) is 0 Å². The van der Waals surface area contributed by atoms with Gasteiger partial charge in [0.1, 0.15) is 5.01 Å². The van der Waals surface area contributed by atoms with Gasteiger partial charge in [-0.1, -0.05) is 30.7 Å². The van der Waals surface area contributed by atoms with E-state index in [-0.39, 0.29) is 16.8 Å². The molecule has 0 saturated heterocycles. The van der Waals surface area contributed by atoms with Crippen molar-refractivity contribution in [3.05, 3.63) is 34.3 Å². The summed E-state index contributed by atoms with van der Waals surface area (Å²) in [6.07, 6.45) is 4.64. The zero-order chi connectivity index (χ0) is 18.7. The highest BCUT2D eigenvalue weighted by Gasteiger charge is 2.28. The van der Waals surface area contributed by atoms with E-state index in [1.54, 1.807) is 13.0 Å². The zero-order valence-electron chi connectivity index (χ0n) is 14.8. The Kier molecular flexibility index (Phi) is 5.69. The second-order valence-corrected chi connectivity index (χ2v) is 9.21. The second-order valence-electron chi connectivity index (χ2n) is 6.43. The summed E-state index contributed by atoms with van der Waals surface area (Å²) in [6, 6.07) is 4.59. The summed E-state index contributed by atoms with van der Waals surface area (Å²) < 4.78 is 27.4. The van der Waals surface area contributed by atoms with Crippen molar-refractivity contribution in [1.82, 2.24) is 14.9 Å². The van der Waals surface area contributed by atoms with Gasteiger partial charge in [-0.25, -0.2) is 13.1 Å². The first-order chi connectivity index (χ1) is 12.4. The maximum atomic E-state index is 12.6. The van der Waals surface area contributed by atoms with Gasteiger partial charge in [-0.05, 0) is 43.9 Å². The number of sulfonamides is 1. The van der Waals surface area contributed by atoms with E-state index in [9.17, 15) is 13.2 Å². The molecule has 2 aromatic rings. The number of carbonyl (C=O) groups excluding carboxylic acids is 1. The number of aryl methyl sites for hydroxylation is 2. The Labute approximate surface area is 157 Å². The first-order valence-electron chi connectivity index (χ1n) is 8.66. The molecule has 1 aliphatic rings. The lowest BCUT2D eigenvalue weighted by molar-refractivity contribution is 0.102. The number of hydrogen-bond acceptors (Lipinski definition) is 6. The molecule has 9 heteroatoms. The third-order valence-electron chi connectivity index (χ3n) is 4.09. The number of amides is 1. The van der Waals surface area contributed by atoms with E-state index in [0.29, 0.717) is 16.3 Å². The summed E-state index contributed by atoms with van der Waals surface area (Å²) in [5.74, 6) is -0.385. The number of aromatic nitrogens is 2. The van der Waals surface area contributed by atoms with Crippen LogP contribution in [0.25, 0.3) is 0 Å². The molecular weight excluding hydrogens is 372 g/mol. The Morgan fingerprint density at radius 3 is 2.77 bits per heavy atom. The smallest absolute Gasteiger partial charge is 0.257 e. The molecule has 1 aromatic carbocycles. The Balaban J connectivity index is 1.76. The fourth-order valence-electron chi connectivity index (χ4n) is 2.40. The van der Waals surface area contributed by atoms with Crippen LogP contribution in [-0.2, 0) is 16.4 Å². The Bertz CT molecular complexity index is 904. The third kappa shape index (κ3) is 4.66. The normalized spacial score (nSPS) is 14.4. The van der Waals surface area contributed by atoms with Crippen molar-refractivity contribution in [3.8, 4) is 0 Å². The predicted molar refractivity (Wildman–Crippen MR) is 101 cm³/mol. The quantitative estimate of drug-likeness (QED) is 0.717. The van der Waals surface area contributed by atoms with Crippen LogP contribution in [0.4, 0.5) is 5.13 Å². The van der Waals surface area contributed by atoms with E-state index >= 15 is 0 Å². The summed E-state index contributed by atoms with van der Waals surface area (Å²) >= 11 is 1.34. The molecule has 0 atom stereocenters. The summed E-state index contributed by atoms with van der Waals surface area (Å²) in [4.78, 5) is 12.7. The van der Waals surface area contributed by atoms with Gasteiger partial charge in [0, 0.05) is 18.0 Å². The maximum Gasteiger partial charge on any atom is 0.257 e. The van der Waals surface area contributed by atoms with Crippen LogP contribution in [-0.4, -0.2) is 30.6 Å². The Hall–Kier alpha value is -1.84. The maximum absolute atomic E-state index is 12.6. The van der Waals surface area contributed by atoms with E-state index in [1.165, 1.54) is 23.5 Å². The van der Waals surface area contributed by atoms with Crippen LogP contribution in [0.2, 0.25) is 0 Å². The van der Waals surface area contributed by atoms with Gasteiger partial charge >= 0.3 is 0 Å². The minimum absolute atomic E-state index is 0.0153. The van der Waals surface area contributed by atoms with Crippen LogP contribution < -0.4 is 10.0 Å². The van der Waals surface area contributed by atoms with Crippen molar-refractivity contribution < 1.29 is 13.2 Å². The van der Waals surface area contributed by atoms with E-state index in [2.05, 4.69) is 27.2 Å². The van der Waals surface area contributed by atoms with Crippen LogP contribution >= 0.6 is 11.3 Å². The van der Waals surface area contributed by atoms with Crippen LogP contribution in [0.15, 0.2) is 23.1 Å². The van der Waals surface area contributed by atoms with Gasteiger partial charge in [-0.15, -0.1) is 10.2 Å². The van der Waals surface area contributed by atoms with Crippen molar-refractivity contribution in [2.24, 2.45) is 0 Å². The number of anilines is 1. The van der Waals surface area contributed by atoms with Gasteiger partial charge in [0.15, 0.2) is 0 Å². The van der Waals surface area contributed by atoms with E-state index in [0.717, 1.165) is 37.1 Å². The third-order valence-corrected chi connectivity index (χ3v) is 6.51. The van der Waals surface area contributed by atoms with Crippen LogP contribution in [0.3, 0.4) is 0 Å². The van der Waals surface area contributed by atoms with Crippen molar-refractivity contribution >= 4 is 32.4 Å². The van der Waals surface area contributed by atoms with E-state index < -0.39 is 10.0 Å². The van der Waals surface area contributed by atoms with Crippen molar-refractivity contribution in [1.29, 1.82) is 0 Å². The summed E-state index contributed by atoms with van der Waals surface area (Å²) in [5, 5.41) is 12.1. The van der Waals surface area contributed by atoms with Crippen molar-refractivity contribution in [2.45, 2.75) is 56.9 Å². The molecule has 3 rings (SSSR count). The van der Waals surface area contributed by atoms with Gasteiger partial charge in [0.2, 0.25) is 15.2 Å². The van der Waals surface area contributed by atoms with Gasteiger partial charge in [0.25, 0.3) is 5.91 Å². The zero-order valence-corrected chi connectivity index (χ0v) is 16.4. The lowest BCUT2D eigenvalue weighted by Crippen LogP contribution is -2.26. The average molecular weight is 395 g/mol. The number of nitrogens with zero attached hydrogens (tertiary/aromatic N) is 2. The standard InChI is InChI=1S/C17H22N4O3S2/c1-3-4-5-15-19-20-17(25-15)18-16(22)14-10-13(9-6-11(14)2)26(23,24)21-12-7-8-12/h6,9-10,12,21H,3-5,7-8H2,1-2H3,(H,18,20,22). The topological polar surface area (TPSA) is 101 Å². The first-order valence-corrected chi connectivity index (χ1v) is 11.0. The predicted octanol–water partition coefficient (Wildman–Crippen LogP) is 2.88. The molecule has 0 aliphatic heterocycles. The first kappa shape index (κ1) is 18.9. The average Bonchev–Trinajstić information content (AvgIpc) is 3.28. The number of unbranched alkanes of at least 4 members (excludes halogenated alkanes) is 1. The lowest BCUT2D eigenvalue weighted by Gasteiger charge is -2.10. The summed E-state index contributed by atoms with van der Waals surface area (Å²) in [5.41, 5.74) is 1.01. The number of carbonyl (C=O) groups is 1. The lowest BCUT2D eigenvalue weighted by atomic mass is 10.1. The molecule has 26 heavy (non-hydrogen) atoms. The SMILES string of the molecule is CCCCc1nnc(NC(=O)c2cc(S(=O)(=O)NC3CC3)ccc2C)s1. The fraction of sp³-hybridized carbons (Fsp3) is 0.471. The number of nitrogens with one attached hydrogen (secondary N) is 2. The molecule has 1 heterocycles. The molecule has 2 N–H and O–H groups in total. The Morgan fingerprint density at radius 1 is 1.31 bits per heavy atom. The molecule has 1 saturated carbocycles. The molecule has 0 spiro atoms. The molecule has 7 nitrogen and oxygen atoms in total. The monoisotopic (exact) mass is 394 g/mol. The summed E-state index contributed by atoms with van der Waals surface area (Å²) in [6.45, 7) is 3.87. The minimum atomic E-state index is -3.60. The van der Waals surface area contributed by atoms with E-state index in [1.807, 2.05) is 0 Å². The highest BCUT2D eigenvalue weighted by atomic mass is 32.2. The molecule has 1 amide bonds. The van der Waals surface area contributed by atoms with Gasteiger partial charge in [0.05, 0.1) is 4.90 Å². The number of rotatable bonds is 8. The second kappa shape index (κ2) is 7.81. The number of hydrogen-bond donors (Lipinski definition) is 2. The summed E-state index contributed by atoms with van der Waals surface area (Å²) in [7, 11) is -3.60. The molecule has 1 aromatic heterocycles. The van der Waals surface area contributed by atoms with Gasteiger partial charge < -0.3 is 0 Å². The van der Waals surface area contributed by atoms with Crippen LogP contribution in [0, 0.1) is 6.92 Å². The molecule has 0 unspecified atom stereocenters. The van der Waals surface area contributed by atoms with Crippen molar-refractivity contribution in [3.63, 3.8) is 0 Å². The number of benzene rings is 1. The van der Waals surface area contributed by atoms with Crippen LogP contribution in [0.5, 0.6) is 0 Å². The molecule has 1 aliphatic carbocycles. The highest BCUT2D eigenvalue weighted by molar-refractivity contribution is 7.89.